The minimum absolute atomic E-state index is 0.898. The number of hydrogen-bond donors (Lipinski definition) is 2. The molecule has 0 bridgehead atoms. The van der Waals surface area contributed by atoms with E-state index < -0.39 is 0 Å². The van der Waals surface area contributed by atoms with Crippen LogP contribution in [0.4, 0.5) is 0 Å². The van der Waals surface area contributed by atoms with Crippen molar-refractivity contribution < 1.29 is 0 Å². The summed E-state index contributed by atoms with van der Waals surface area (Å²) >= 11 is 0. The van der Waals surface area contributed by atoms with Crippen LogP contribution in [0.3, 0.4) is 0 Å². The Labute approximate surface area is 248 Å². The lowest BCUT2D eigenvalue weighted by molar-refractivity contribution is 1.04. The van der Waals surface area contributed by atoms with E-state index in [2.05, 4.69) is 123 Å². The molecule has 2 N–H and O–H groups in total. The van der Waals surface area contributed by atoms with Crippen molar-refractivity contribution in [1.82, 2.24) is 9.97 Å². The second kappa shape index (κ2) is 16.9. The molecule has 0 unspecified atom stereocenters. The highest BCUT2D eigenvalue weighted by molar-refractivity contribution is 6.04. The van der Waals surface area contributed by atoms with Crippen molar-refractivity contribution in [1.29, 1.82) is 0 Å². The molecule has 2 aromatic carbocycles. The molecule has 5 rings (SSSR count). The third-order valence-corrected chi connectivity index (χ3v) is 6.56. The van der Waals surface area contributed by atoms with Gasteiger partial charge in [0.2, 0.25) is 0 Å². The molecule has 2 aromatic heterocycles. The van der Waals surface area contributed by atoms with Crippen LogP contribution in [0, 0.1) is 0 Å². The van der Waals surface area contributed by atoms with Crippen molar-refractivity contribution in [2.45, 2.75) is 74.1 Å². The molecular formula is C39H50N2. The first-order valence-corrected chi connectivity index (χ1v) is 15.3. The molecule has 0 fully saturated rings. The number of H-pyrrole nitrogens is 2. The molecule has 0 aliphatic heterocycles. The fraction of sp³-hybridized carbons (Fsp3) is 0.282. The summed E-state index contributed by atoms with van der Waals surface area (Å²) in [6.07, 6.45) is 15.4. The van der Waals surface area contributed by atoms with E-state index in [4.69, 9.17) is 0 Å². The first kappa shape index (κ1) is 33.2. The second-order valence-electron chi connectivity index (χ2n) is 9.48. The molecule has 1 aliphatic carbocycles. The first-order valence-electron chi connectivity index (χ1n) is 15.3. The maximum Gasteiger partial charge on any atom is 0.0559 e. The molecule has 0 amide bonds. The van der Waals surface area contributed by atoms with Gasteiger partial charge in [0.25, 0.3) is 0 Å². The van der Waals surface area contributed by atoms with Crippen LogP contribution in [0.5, 0.6) is 0 Å². The van der Waals surface area contributed by atoms with Crippen molar-refractivity contribution >= 4 is 35.1 Å². The van der Waals surface area contributed by atoms with Crippen LogP contribution in [0.2, 0.25) is 0 Å². The molecule has 1 aliphatic rings. The first-order chi connectivity index (χ1) is 20.0. The van der Waals surface area contributed by atoms with Crippen molar-refractivity contribution in [2.75, 3.05) is 0 Å². The Kier molecular flexibility index (Phi) is 13.7. The minimum atomic E-state index is 0.898. The van der Waals surface area contributed by atoms with Crippen molar-refractivity contribution in [3.8, 4) is 22.5 Å². The summed E-state index contributed by atoms with van der Waals surface area (Å²) in [5, 5.41) is 4.00. The lowest BCUT2D eigenvalue weighted by Crippen LogP contribution is -2.01. The molecule has 4 aromatic rings. The third kappa shape index (κ3) is 7.79. The van der Waals surface area contributed by atoms with Crippen LogP contribution in [0.15, 0.2) is 85.5 Å². The third-order valence-electron chi connectivity index (χ3n) is 6.56. The van der Waals surface area contributed by atoms with Gasteiger partial charge >= 0.3 is 0 Å². The van der Waals surface area contributed by atoms with Gasteiger partial charge in [0.1, 0.15) is 0 Å². The quantitative estimate of drug-likeness (QED) is 0.225. The number of aromatic nitrogens is 2. The zero-order valence-corrected chi connectivity index (χ0v) is 26.5. The fourth-order valence-electron chi connectivity index (χ4n) is 4.86. The van der Waals surface area contributed by atoms with Crippen molar-refractivity contribution in [3.05, 3.63) is 107 Å². The van der Waals surface area contributed by atoms with Gasteiger partial charge in [-0.1, -0.05) is 154 Å². The Balaban J connectivity index is 0.000000775. The Morgan fingerprint density at radius 1 is 0.732 bits per heavy atom. The highest BCUT2D eigenvalue weighted by Gasteiger charge is 2.16. The maximum atomic E-state index is 4.32. The lowest BCUT2D eigenvalue weighted by atomic mass is 9.97. The van der Waals surface area contributed by atoms with Crippen LogP contribution in [-0.2, 0) is 0 Å². The fourth-order valence-corrected chi connectivity index (χ4v) is 4.86. The van der Waals surface area contributed by atoms with E-state index in [0.29, 0.717) is 0 Å². The van der Waals surface area contributed by atoms with Gasteiger partial charge in [0.05, 0.1) is 11.4 Å². The molecule has 2 heterocycles. The van der Waals surface area contributed by atoms with Gasteiger partial charge in [-0.3, -0.25) is 0 Å². The average molecular weight is 547 g/mol. The van der Waals surface area contributed by atoms with Gasteiger partial charge in [0, 0.05) is 21.5 Å². The molecule has 0 radical (unpaired) electrons. The summed E-state index contributed by atoms with van der Waals surface area (Å²) in [4.78, 5) is 7.06. The van der Waals surface area contributed by atoms with Crippen LogP contribution >= 0.6 is 0 Å². The van der Waals surface area contributed by atoms with E-state index in [1.54, 1.807) is 0 Å². The zero-order chi connectivity index (χ0) is 30.4. The molecular weight excluding hydrogens is 496 g/mol. The number of nitrogens with one attached hydrogen (secondary N) is 2. The summed E-state index contributed by atoms with van der Waals surface area (Å²) in [5.41, 5.74) is 9.24. The Morgan fingerprint density at radius 3 is 1.61 bits per heavy atom. The van der Waals surface area contributed by atoms with Crippen LogP contribution in [0.1, 0.15) is 85.3 Å². The standard InChI is InChI=1S/C32H30N2.C3H8.2C2H6/c1-5-10-23(6-2)25-13-17-27(18-14-25)31-29-21(3)34-32(30(29)22(4)33-31)28-19-15-26(16-20-28)24-11-8-7-9-12-24;1-3-2;2*1-2/h6,8,10-20,33-34H,2-5,7,9H2,1H3;3H2,1-2H3;2*1-2H3/b23-10+;;;. The predicted molar refractivity (Wildman–Crippen MR) is 187 cm³/mol. The Hall–Kier alpha value is -4.04. The molecule has 0 atom stereocenters. The van der Waals surface area contributed by atoms with Gasteiger partial charge in [-0.05, 0) is 52.7 Å². The second-order valence-corrected chi connectivity index (χ2v) is 9.48. The molecule has 41 heavy (non-hydrogen) atoms. The summed E-state index contributed by atoms with van der Waals surface area (Å²) in [7, 11) is 0. The molecule has 0 spiro atoms. The largest absolute Gasteiger partial charge is 0.354 e. The monoisotopic (exact) mass is 546 g/mol. The Bertz CT molecular complexity index is 1470. The highest BCUT2D eigenvalue weighted by Crippen LogP contribution is 2.31. The van der Waals surface area contributed by atoms with Gasteiger partial charge in [0.15, 0.2) is 0 Å². The van der Waals surface area contributed by atoms with E-state index in [-0.39, 0.29) is 0 Å². The number of benzene rings is 2. The predicted octanol–water partition coefficient (Wildman–Crippen LogP) is 10.8. The van der Waals surface area contributed by atoms with E-state index >= 15 is 0 Å². The average Bonchev–Trinajstić information content (AvgIpc) is 3.56. The van der Waals surface area contributed by atoms with Crippen LogP contribution < -0.4 is 10.7 Å². The maximum absolute atomic E-state index is 4.32. The van der Waals surface area contributed by atoms with Crippen molar-refractivity contribution in [3.63, 3.8) is 0 Å². The van der Waals surface area contributed by atoms with Gasteiger partial charge < -0.3 is 9.97 Å². The summed E-state index contributed by atoms with van der Waals surface area (Å²) < 4.78 is 0. The smallest absolute Gasteiger partial charge is 0.0559 e. The van der Waals surface area contributed by atoms with Gasteiger partial charge in [-0.2, -0.15) is 0 Å². The molecule has 216 valence electrons. The summed E-state index contributed by atoms with van der Waals surface area (Å²) in [6, 6.07) is 17.4. The summed E-state index contributed by atoms with van der Waals surface area (Å²) in [5.74, 6) is 0. The molecule has 2 nitrogen and oxygen atoms in total. The highest BCUT2D eigenvalue weighted by atomic mass is 14.8. The normalized spacial score (nSPS) is 12.3. The number of hydrogen-bond acceptors (Lipinski definition) is 0. The number of aromatic amines is 2. The minimum Gasteiger partial charge on any atom is -0.354 e. The molecule has 0 saturated carbocycles. The zero-order valence-electron chi connectivity index (χ0n) is 26.5. The van der Waals surface area contributed by atoms with Gasteiger partial charge in [-0.25, -0.2) is 0 Å². The van der Waals surface area contributed by atoms with E-state index in [1.807, 2.05) is 33.8 Å². The van der Waals surface area contributed by atoms with Crippen molar-refractivity contribution in [2.24, 2.45) is 0 Å². The topological polar surface area (TPSA) is 31.6 Å². The SMILES string of the molecule is C=C/C(=C\CC)c1ccc(-c2[nH]c(=C)c3c(-c4ccc(C5=CCCC=C5)cc4)[nH]c(=C)c23)cc1.CC.CC.CCC. The molecule has 2 heteroatoms. The number of allylic oxidation sites excluding steroid dienone is 7. The lowest BCUT2D eigenvalue weighted by Gasteiger charge is -2.08. The van der Waals surface area contributed by atoms with E-state index in [0.717, 1.165) is 68.8 Å². The number of fused-ring (bicyclic) bond motifs is 1. The van der Waals surface area contributed by atoms with E-state index in [1.165, 1.54) is 23.1 Å². The van der Waals surface area contributed by atoms with Gasteiger partial charge in [-0.15, -0.1) is 0 Å². The molecule has 0 saturated heterocycles. The number of rotatable bonds is 6. The van der Waals surface area contributed by atoms with E-state index in [9.17, 15) is 0 Å². The Morgan fingerprint density at radius 2 is 1.20 bits per heavy atom. The van der Waals surface area contributed by atoms with Crippen LogP contribution in [0.25, 0.3) is 57.6 Å². The van der Waals surface area contributed by atoms with Crippen LogP contribution in [-0.4, -0.2) is 9.97 Å². The summed E-state index contributed by atoms with van der Waals surface area (Å²) in [6.45, 7) is 27.0.